The summed E-state index contributed by atoms with van der Waals surface area (Å²) < 4.78 is 38.6. The molecule has 34 heavy (non-hydrogen) atoms. The molecule has 2 fully saturated rings. The minimum absolute atomic E-state index is 0.0106. The summed E-state index contributed by atoms with van der Waals surface area (Å²) in [6.07, 6.45) is -2.55. The second-order valence-corrected chi connectivity index (χ2v) is 8.70. The number of alkyl halides is 3. The molecule has 3 heterocycles. The Balaban J connectivity index is 1.43. The number of hydrogen-bond acceptors (Lipinski definition) is 6. The van der Waals surface area contributed by atoms with E-state index < -0.39 is 17.8 Å². The van der Waals surface area contributed by atoms with E-state index in [0.717, 1.165) is 16.6 Å². The number of amidine groups is 2. The first-order chi connectivity index (χ1) is 16.1. The van der Waals surface area contributed by atoms with E-state index >= 15 is 0 Å². The van der Waals surface area contributed by atoms with Gasteiger partial charge in [-0.3, -0.25) is 20.6 Å². The van der Waals surface area contributed by atoms with Crippen molar-refractivity contribution in [2.75, 3.05) is 37.6 Å². The number of rotatable bonds is 2. The molecule has 2 aromatic rings. The van der Waals surface area contributed by atoms with Crippen LogP contribution in [0.1, 0.15) is 18.9 Å². The number of pyridine rings is 1. The van der Waals surface area contributed by atoms with Gasteiger partial charge in [0.05, 0.1) is 23.7 Å². The second kappa shape index (κ2) is 8.93. The highest BCUT2D eigenvalue weighted by Gasteiger charge is 2.43. The lowest BCUT2D eigenvalue weighted by atomic mass is 9.85. The van der Waals surface area contributed by atoms with Crippen LogP contribution in [0, 0.1) is 34.0 Å². The SMILES string of the molecule is CC1CN(c2ccnc3cc(C#N)ccc23)CCC1C(=O)N1CCN(C(=N)C(F)(F)F)C(=N)C1. The lowest BCUT2D eigenvalue weighted by Crippen LogP contribution is -2.58. The zero-order valence-electron chi connectivity index (χ0n) is 18.6. The first-order valence-electron chi connectivity index (χ1n) is 10.9. The molecule has 0 bridgehead atoms. The van der Waals surface area contributed by atoms with Crippen LogP contribution in [0.4, 0.5) is 18.9 Å². The fourth-order valence-electron chi connectivity index (χ4n) is 4.73. The summed E-state index contributed by atoms with van der Waals surface area (Å²) in [5, 5.41) is 25.3. The second-order valence-electron chi connectivity index (χ2n) is 8.70. The minimum Gasteiger partial charge on any atom is -0.371 e. The molecule has 4 rings (SSSR count). The average molecular weight is 471 g/mol. The van der Waals surface area contributed by atoms with Crippen LogP contribution in [0.2, 0.25) is 0 Å². The topological polar surface area (TPSA) is 111 Å². The summed E-state index contributed by atoms with van der Waals surface area (Å²) in [6, 6.07) is 9.40. The number of nitrogens with one attached hydrogen (secondary N) is 2. The van der Waals surface area contributed by atoms with Crippen molar-refractivity contribution in [2.45, 2.75) is 19.5 Å². The van der Waals surface area contributed by atoms with Gasteiger partial charge in [0.25, 0.3) is 0 Å². The maximum Gasteiger partial charge on any atom is 0.449 e. The Bertz CT molecular complexity index is 1190. The number of amides is 1. The van der Waals surface area contributed by atoms with Crippen molar-refractivity contribution >= 4 is 34.2 Å². The molecule has 2 aliphatic rings. The van der Waals surface area contributed by atoms with Crippen LogP contribution in [-0.4, -0.2) is 71.3 Å². The number of benzene rings is 1. The van der Waals surface area contributed by atoms with Crippen molar-refractivity contribution in [1.82, 2.24) is 14.8 Å². The van der Waals surface area contributed by atoms with Gasteiger partial charge >= 0.3 is 6.18 Å². The highest BCUT2D eigenvalue weighted by molar-refractivity contribution is 6.03. The number of aromatic nitrogens is 1. The normalized spacial score (nSPS) is 21.5. The Kier molecular flexibility index (Phi) is 6.17. The fraction of sp³-hybridized carbons (Fsp3) is 0.435. The smallest absolute Gasteiger partial charge is 0.371 e. The number of piperidine rings is 1. The number of piperazine rings is 1. The quantitative estimate of drug-likeness (QED) is 0.516. The lowest BCUT2D eigenvalue weighted by molar-refractivity contribution is -0.137. The van der Waals surface area contributed by atoms with Crippen LogP contribution in [0.25, 0.3) is 10.9 Å². The maximum atomic E-state index is 13.2. The predicted molar refractivity (Wildman–Crippen MR) is 121 cm³/mol. The number of halogens is 3. The van der Waals surface area contributed by atoms with Crippen molar-refractivity contribution in [3.63, 3.8) is 0 Å². The number of anilines is 1. The zero-order valence-corrected chi connectivity index (χ0v) is 18.6. The molecular formula is C23H24F3N7O. The minimum atomic E-state index is -4.83. The first-order valence-corrected chi connectivity index (χ1v) is 10.9. The Morgan fingerprint density at radius 2 is 2.00 bits per heavy atom. The molecule has 0 saturated carbocycles. The first kappa shape index (κ1) is 23.5. The average Bonchev–Trinajstić information content (AvgIpc) is 2.81. The van der Waals surface area contributed by atoms with Gasteiger partial charge in [0.1, 0.15) is 5.84 Å². The Labute approximate surface area is 194 Å². The zero-order chi connectivity index (χ0) is 24.6. The van der Waals surface area contributed by atoms with Crippen LogP contribution >= 0.6 is 0 Å². The monoisotopic (exact) mass is 471 g/mol. The molecule has 2 aliphatic heterocycles. The number of carbonyl (C=O) groups is 1. The molecule has 2 saturated heterocycles. The molecule has 0 radical (unpaired) electrons. The van der Waals surface area contributed by atoms with Crippen molar-refractivity contribution in [3.05, 3.63) is 36.0 Å². The number of hydrogen-bond donors (Lipinski definition) is 2. The Morgan fingerprint density at radius 1 is 1.24 bits per heavy atom. The summed E-state index contributed by atoms with van der Waals surface area (Å²) in [7, 11) is 0. The molecule has 2 atom stereocenters. The summed E-state index contributed by atoms with van der Waals surface area (Å²) in [4.78, 5) is 21.8. The third-order valence-corrected chi connectivity index (χ3v) is 6.52. The summed E-state index contributed by atoms with van der Waals surface area (Å²) in [5.74, 6) is -2.43. The van der Waals surface area contributed by atoms with Gasteiger partial charge in [-0.1, -0.05) is 6.92 Å². The molecule has 0 spiro atoms. The third-order valence-electron chi connectivity index (χ3n) is 6.52. The van der Waals surface area contributed by atoms with E-state index in [-0.39, 0.29) is 37.4 Å². The summed E-state index contributed by atoms with van der Waals surface area (Å²) in [5.41, 5.74) is 2.24. The van der Waals surface area contributed by atoms with E-state index in [1.807, 2.05) is 19.1 Å². The van der Waals surface area contributed by atoms with Crippen molar-refractivity contribution < 1.29 is 18.0 Å². The third kappa shape index (κ3) is 4.40. The van der Waals surface area contributed by atoms with E-state index in [0.29, 0.717) is 30.0 Å². The van der Waals surface area contributed by atoms with Crippen molar-refractivity contribution in [2.24, 2.45) is 11.8 Å². The van der Waals surface area contributed by atoms with Gasteiger partial charge in [-0.2, -0.15) is 18.4 Å². The number of nitrogens with zero attached hydrogens (tertiary/aromatic N) is 5. The molecule has 0 aliphatic carbocycles. The molecule has 1 amide bonds. The van der Waals surface area contributed by atoms with E-state index in [1.165, 1.54) is 4.90 Å². The molecule has 2 unspecified atom stereocenters. The molecule has 1 aromatic carbocycles. The highest BCUT2D eigenvalue weighted by Crippen LogP contribution is 2.33. The molecule has 8 nitrogen and oxygen atoms in total. The fourth-order valence-corrected chi connectivity index (χ4v) is 4.73. The Hall–Kier alpha value is -3.68. The molecule has 178 valence electrons. The van der Waals surface area contributed by atoms with Gasteiger partial charge in [0.15, 0.2) is 0 Å². The van der Waals surface area contributed by atoms with Gasteiger partial charge in [0.2, 0.25) is 11.7 Å². The predicted octanol–water partition coefficient (Wildman–Crippen LogP) is 3.23. The Morgan fingerprint density at radius 3 is 2.65 bits per heavy atom. The van der Waals surface area contributed by atoms with Gasteiger partial charge in [-0.25, -0.2) is 0 Å². The van der Waals surface area contributed by atoms with E-state index in [9.17, 15) is 18.0 Å². The molecule has 2 N–H and O–H groups in total. The number of nitriles is 1. The molecule has 11 heteroatoms. The standard InChI is InChI=1S/C23H24F3N7O/c1-14-12-31(19-4-6-30-18-10-15(11-27)2-3-17(18)19)7-5-16(14)21(34)32-8-9-33(20(28)13-32)22(29)23(24,25)26/h2-4,6,10,14,16,28-29H,5,7-9,12-13H2,1H3. The van der Waals surface area contributed by atoms with Crippen molar-refractivity contribution in [1.29, 1.82) is 16.1 Å². The molecular weight excluding hydrogens is 447 g/mol. The maximum absolute atomic E-state index is 13.2. The largest absolute Gasteiger partial charge is 0.449 e. The van der Waals surface area contributed by atoms with E-state index in [1.54, 1.807) is 18.3 Å². The van der Waals surface area contributed by atoms with E-state index in [2.05, 4.69) is 16.0 Å². The number of carbonyl (C=O) groups excluding carboxylic acids is 1. The highest BCUT2D eigenvalue weighted by atomic mass is 19.4. The lowest BCUT2D eigenvalue weighted by Gasteiger charge is -2.42. The van der Waals surface area contributed by atoms with Crippen molar-refractivity contribution in [3.8, 4) is 6.07 Å². The van der Waals surface area contributed by atoms with Gasteiger partial charge in [0, 0.05) is 49.4 Å². The van der Waals surface area contributed by atoms with Crippen LogP contribution in [0.5, 0.6) is 0 Å². The summed E-state index contributed by atoms with van der Waals surface area (Å²) in [6.45, 7) is 2.81. The van der Waals surface area contributed by atoms with E-state index in [4.69, 9.17) is 16.1 Å². The molecule has 1 aromatic heterocycles. The van der Waals surface area contributed by atoms with Gasteiger partial charge in [-0.05, 0) is 36.6 Å². The van der Waals surface area contributed by atoms with Crippen LogP contribution in [0.15, 0.2) is 30.5 Å². The van der Waals surface area contributed by atoms with Crippen LogP contribution in [-0.2, 0) is 4.79 Å². The van der Waals surface area contributed by atoms with Crippen LogP contribution < -0.4 is 4.90 Å². The number of fused-ring (bicyclic) bond motifs is 1. The van der Waals surface area contributed by atoms with Crippen LogP contribution in [0.3, 0.4) is 0 Å². The summed E-state index contributed by atoms with van der Waals surface area (Å²) >= 11 is 0. The van der Waals surface area contributed by atoms with Gasteiger partial charge < -0.3 is 14.7 Å². The van der Waals surface area contributed by atoms with Gasteiger partial charge in [-0.15, -0.1) is 0 Å².